The van der Waals surface area contributed by atoms with E-state index < -0.39 is 42.3 Å². The molecule has 0 unspecified atom stereocenters. The molecule has 2 saturated heterocycles. The second-order valence-corrected chi connectivity index (χ2v) is 14.6. The largest absolute Gasteiger partial charge is 0.457 e. The quantitative estimate of drug-likeness (QED) is 0.119. The minimum atomic E-state index is -0.909. The fourth-order valence-electron chi connectivity index (χ4n) is 6.67. The Labute approximate surface area is 303 Å². The van der Waals surface area contributed by atoms with Gasteiger partial charge in [0.15, 0.2) is 0 Å². The predicted octanol–water partition coefficient (Wildman–Crippen LogP) is 3.06. The third kappa shape index (κ3) is 7.55. The number of thiazole rings is 1. The average Bonchev–Trinajstić information content (AvgIpc) is 3.87. The van der Waals surface area contributed by atoms with Crippen molar-refractivity contribution in [2.45, 2.75) is 56.8 Å². The van der Waals surface area contributed by atoms with E-state index in [2.05, 4.69) is 30.0 Å². The van der Waals surface area contributed by atoms with Gasteiger partial charge in [0.2, 0.25) is 11.8 Å². The number of rotatable bonds is 15. The zero-order chi connectivity index (χ0) is 37.0. The fourth-order valence-corrected chi connectivity index (χ4v) is 9.07. The molecule has 0 saturated carbocycles. The van der Waals surface area contributed by atoms with Crippen LogP contribution in [0.15, 0.2) is 60.1 Å². The third-order valence-electron chi connectivity index (χ3n) is 8.94. The monoisotopic (exact) mass is 742 g/mol. The highest BCUT2D eigenvalue weighted by Gasteiger charge is 2.60. The first kappa shape index (κ1) is 37.6. The lowest BCUT2D eigenvalue weighted by atomic mass is 9.79. The van der Waals surface area contributed by atoms with Crippen LogP contribution in [0.5, 0.6) is 0 Å². The van der Waals surface area contributed by atoms with Gasteiger partial charge < -0.3 is 34.4 Å². The molecule has 51 heavy (non-hydrogen) atoms. The van der Waals surface area contributed by atoms with Gasteiger partial charge in [0.05, 0.1) is 43.0 Å². The number of likely N-dealkylation sites (tertiary alicyclic amines) is 1. The SMILES string of the molecule is C=CCOC(=O)NCc1ncc2scc(CN(C)C(=O)[C@@H]3C[C@H](SC4=C(C(=O)OCC=C)N5C(=O)[C@H]([C@@H](C)O)[C@H]5[C@H]4C)CN3C(=O)OCC=C)n12. The number of aliphatic hydroxyl groups excluding tert-OH is 1. The van der Waals surface area contributed by atoms with Crippen molar-refractivity contribution in [2.75, 3.05) is 33.4 Å². The van der Waals surface area contributed by atoms with Gasteiger partial charge in [-0.2, -0.15) is 0 Å². The summed E-state index contributed by atoms with van der Waals surface area (Å²) in [7, 11) is 1.64. The zero-order valence-corrected chi connectivity index (χ0v) is 30.3. The maximum atomic E-state index is 14.1. The van der Waals surface area contributed by atoms with Crippen LogP contribution >= 0.6 is 23.1 Å². The number of ether oxygens (including phenoxy) is 3. The lowest BCUT2D eigenvalue weighted by Crippen LogP contribution is -2.63. The molecule has 6 atom stereocenters. The molecular formula is C34H42N6O9S2. The molecule has 0 radical (unpaired) electrons. The summed E-state index contributed by atoms with van der Waals surface area (Å²) in [5, 5.41) is 14.6. The highest BCUT2D eigenvalue weighted by atomic mass is 32.2. The first-order valence-electron chi connectivity index (χ1n) is 16.4. The van der Waals surface area contributed by atoms with Gasteiger partial charge in [-0.15, -0.1) is 23.1 Å². The zero-order valence-electron chi connectivity index (χ0n) is 28.7. The molecule has 0 aliphatic carbocycles. The number of imidazole rings is 1. The van der Waals surface area contributed by atoms with Gasteiger partial charge in [0.1, 0.15) is 42.2 Å². The van der Waals surface area contributed by atoms with Crippen LogP contribution in [-0.2, 0) is 41.7 Å². The van der Waals surface area contributed by atoms with Gasteiger partial charge in [-0.05, 0) is 13.3 Å². The smallest absolute Gasteiger partial charge is 0.410 e. The molecule has 15 nitrogen and oxygen atoms in total. The second-order valence-electron chi connectivity index (χ2n) is 12.4. The molecule has 17 heteroatoms. The molecule has 2 aromatic rings. The minimum Gasteiger partial charge on any atom is -0.457 e. The molecule has 274 valence electrons. The number of carbonyl (C=O) groups excluding carboxylic acids is 5. The van der Waals surface area contributed by atoms with Crippen LogP contribution in [0.1, 0.15) is 31.8 Å². The summed E-state index contributed by atoms with van der Waals surface area (Å²) in [6, 6.07) is -1.31. The average molecular weight is 743 g/mol. The van der Waals surface area contributed by atoms with Crippen LogP contribution in [-0.4, -0.2) is 116 Å². The number of amides is 4. The molecular weight excluding hydrogens is 701 g/mol. The van der Waals surface area contributed by atoms with Crippen molar-refractivity contribution in [3.63, 3.8) is 0 Å². The topological polar surface area (TPSA) is 172 Å². The number of esters is 1. The van der Waals surface area contributed by atoms with Crippen LogP contribution < -0.4 is 5.32 Å². The number of aliphatic hydroxyl groups is 1. The number of nitrogens with zero attached hydrogens (tertiary/aromatic N) is 5. The molecule has 2 N–H and O–H groups in total. The first-order valence-corrected chi connectivity index (χ1v) is 18.1. The molecule has 0 bridgehead atoms. The first-order chi connectivity index (χ1) is 24.4. The fraction of sp³-hybridized carbons (Fsp3) is 0.471. The van der Waals surface area contributed by atoms with Crippen molar-refractivity contribution in [3.8, 4) is 0 Å². The standard InChI is InChI=1S/C34H42N6O9S2/c1-7-10-47-32(44)28-29(19(4)27-26(20(5)41)31(43)40(27)28)51-22-13-23(38(17-22)34(46)49-12-9-3)30(42)37(6)16-21-18-50-25-15-35-24(39(21)25)14-36-33(45)48-11-8-2/h7-9,15,18-20,22-23,26-27,41H,1-3,10-14,16-17H2,4-6H3,(H,36,45)/t19-,20-,22+,23+,26-,27-/m1/s1. The molecule has 5 heterocycles. The van der Waals surface area contributed by atoms with E-state index in [1.165, 1.54) is 56.0 Å². The van der Waals surface area contributed by atoms with Gasteiger partial charge >= 0.3 is 18.2 Å². The van der Waals surface area contributed by atoms with Crippen LogP contribution in [0.3, 0.4) is 0 Å². The van der Waals surface area contributed by atoms with E-state index in [0.717, 1.165) is 10.5 Å². The van der Waals surface area contributed by atoms with Crippen LogP contribution in [0, 0.1) is 11.8 Å². The molecule has 2 aromatic heterocycles. The summed E-state index contributed by atoms with van der Waals surface area (Å²) < 4.78 is 17.6. The van der Waals surface area contributed by atoms with Crippen LogP contribution in [0.4, 0.5) is 9.59 Å². The van der Waals surface area contributed by atoms with E-state index in [-0.39, 0.29) is 74.6 Å². The van der Waals surface area contributed by atoms with Gasteiger partial charge in [-0.3, -0.25) is 18.9 Å². The van der Waals surface area contributed by atoms with Crippen LogP contribution in [0.25, 0.3) is 4.83 Å². The summed E-state index contributed by atoms with van der Waals surface area (Å²) in [6.07, 6.45) is 4.05. The summed E-state index contributed by atoms with van der Waals surface area (Å²) >= 11 is 2.77. The minimum absolute atomic E-state index is 0.0453. The number of β-lactam (4-membered cyclic amide) rings is 1. The summed E-state index contributed by atoms with van der Waals surface area (Å²) in [5.74, 6) is -1.79. The van der Waals surface area contributed by atoms with Crippen molar-refractivity contribution in [1.29, 1.82) is 0 Å². The lowest BCUT2D eigenvalue weighted by Gasteiger charge is -2.46. The third-order valence-corrected chi connectivity index (χ3v) is 11.4. The molecule has 5 rings (SSSR count). The van der Waals surface area contributed by atoms with Gasteiger partial charge in [0, 0.05) is 35.0 Å². The summed E-state index contributed by atoms with van der Waals surface area (Å²) in [6.45, 7) is 14.5. The Bertz CT molecular complexity index is 1750. The molecule has 3 aliphatic heterocycles. The number of hydrogen-bond acceptors (Lipinski definition) is 12. The Kier molecular flexibility index (Phi) is 11.9. The van der Waals surface area contributed by atoms with Crippen molar-refractivity contribution in [3.05, 3.63) is 71.7 Å². The van der Waals surface area contributed by atoms with E-state index in [4.69, 9.17) is 14.2 Å². The van der Waals surface area contributed by atoms with Gasteiger partial charge in [-0.25, -0.2) is 19.4 Å². The number of aromatic nitrogens is 2. The van der Waals surface area contributed by atoms with E-state index in [0.29, 0.717) is 10.7 Å². The Morgan fingerprint density at radius 1 is 1.16 bits per heavy atom. The summed E-state index contributed by atoms with van der Waals surface area (Å²) in [5.41, 5.74) is 0.869. The number of hydrogen-bond donors (Lipinski definition) is 2. The number of thioether (sulfide) groups is 1. The number of carbonyl (C=O) groups is 5. The number of alkyl carbamates (subject to hydrolysis) is 1. The van der Waals surface area contributed by atoms with Crippen LogP contribution in [0.2, 0.25) is 0 Å². The number of fused-ring (bicyclic) bond motifs is 2. The van der Waals surface area contributed by atoms with Crippen molar-refractivity contribution >= 4 is 57.9 Å². The van der Waals surface area contributed by atoms with E-state index in [1.807, 2.05) is 16.7 Å². The Morgan fingerprint density at radius 2 is 1.84 bits per heavy atom. The number of likely N-dealkylation sites (N-methyl/N-ethyl adjacent to an activating group) is 1. The molecule has 2 fully saturated rings. The van der Waals surface area contributed by atoms with Gasteiger partial charge in [0.25, 0.3) is 0 Å². The highest BCUT2D eigenvalue weighted by molar-refractivity contribution is 8.03. The molecule has 4 amide bonds. The Hall–Kier alpha value is -4.61. The molecule has 3 aliphatic rings. The predicted molar refractivity (Wildman–Crippen MR) is 189 cm³/mol. The Morgan fingerprint density at radius 3 is 2.53 bits per heavy atom. The molecule has 0 aromatic carbocycles. The normalized spacial score (nSPS) is 23.0. The van der Waals surface area contributed by atoms with Crippen molar-refractivity contribution in [2.24, 2.45) is 11.8 Å². The molecule has 0 spiro atoms. The van der Waals surface area contributed by atoms with Gasteiger partial charge in [-0.1, -0.05) is 44.9 Å². The van der Waals surface area contributed by atoms with E-state index >= 15 is 0 Å². The van der Waals surface area contributed by atoms with Crippen molar-refractivity contribution < 1.29 is 43.3 Å². The van der Waals surface area contributed by atoms with E-state index in [9.17, 15) is 29.1 Å². The highest BCUT2D eigenvalue weighted by Crippen LogP contribution is 2.52. The van der Waals surface area contributed by atoms with Crippen molar-refractivity contribution in [1.82, 2.24) is 29.4 Å². The Balaban J connectivity index is 1.36. The number of nitrogens with one attached hydrogen (secondary N) is 1. The van der Waals surface area contributed by atoms with E-state index in [1.54, 1.807) is 20.2 Å². The summed E-state index contributed by atoms with van der Waals surface area (Å²) in [4.78, 5) is 75.9. The lowest BCUT2D eigenvalue weighted by molar-refractivity contribution is -0.164. The second kappa shape index (κ2) is 16.2. The maximum absolute atomic E-state index is 14.1. The maximum Gasteiger partial charge on any atom is 0.410 e.